The quantitative estimate of drug-likeness (QED) is 0.477. The van der Waals surface area contributed by atoms with Gasteiger partial charge in [-0.2, -0.15) is 0 Å². The van der Waals surface area contributed by atoms with Crippen LogP contribution in [0, 0.1) is 5.41 Å². The molecule has 5 N–H and O–H groups in total. The van der Waals surface area contributed by atoms with E-state index in [0.717, 1.165) is 31.2 Å². The first-order valence-electron chi connectivity index (χ1n) is 11.5. The highest BCUT2D eigenvalue weighted by molar-refractivity contribution is 5.96. The van der Waals surface area contributed by atoms with Gasteiger partial charge >= 0.3 is 0 Å². The van der Waals surface area contributed by atoms with Crippen molar-refractivity contribution in [2.75, 3.05) is 26.2 Å². The zero-order valence-corrected chi connectivity index (χ0v) is 19.3. The molecule has 0 unspecified atom stereocenters. The number of rotatable bonds is 8. The Morgan fingerprint density at radius 1 is 1.22 bits per heavy atom. The lowest BCUT2D eigenvalue weighted by molar-refractivity contribution is -0.143. The summed E-state index contributed by atoms with van der Waals surface area (Å²) in [4.78, 5) is 28.3. The van der Waals surface area contributed by atoms with Crippen molar-refractivity contribution in [1.29, 1.82) is 0 Å². The minimum atomic E-state index is -1.39. The fraction of sp³-hybridized carbons (Fsp3) is 0.667. The van der Waals surface area contributed by atoms with Gasteiger partial charge in [0.25, 0.3) is 11.8 Å². The summed E-state index contributed by atoms with van der Waals surface area (Å²) in [6.07, 6.45) is 2.48. The molecule has 2 fully saturated rings. The molecule has 32 heavy (non-hydrogen) atoms. The standard InChI is InChI=1S/C24H37N3O5/c1-24(2,3)14-26(23(32)20(29)13-28)9-10-27-16-7-8-17(27)12-15(11-16)18-5-4-6-19(21(18)30)22(25)31/h4-6,15-17,20,28-30H,7-14H2,1-3H3,(H2,25,31)/t15-,16+,17-,20-/m0/s1. The Balaban J connectivity index is 1.69. The molecular formula is C24H37N3O5. The van der Waals surface area contributed by atoms with Crippen LogP contribution in [0.2, 0.25) is 0 Å². The van der Waals surface area contributed by atoms with Gasteiger partial charge in [-0.15, -0.1) is 0 Å². The highest BCUT2D eigenvalue weighted by Crippen LogP contribution is 2.45. The number of benzene rings is 1. The zero-order valence-electron chi connectivity index (χ0n) is 19.3. The fourth-order valence-corrected chi connectivity index (χ4v) is 5.35. The van der Waals surface area contributed by atoms with Crippen LogP contribution in [0.15, 0.2) is 18.2 Å². The monoisotopic (exact) mass is 447 g/mol. The molecule has 0 aromatic heterocycles. The number of piperidine rings is 1. The first-order valence-corrected chi connectivity index (χ1v) is 11.5. The van der Waals surface area contributed by atoms with Crippen molar-refractivity contribution in [3.05, 3.63) is 29.3 Å². The topological polar surface area (TPSA) is 127 Å². The molecule has 178 valence electrons. The van der Waals surface area contributed by atoms with Crippen molar-refractivity contribution < 1.29 is 24.9 Å². The van der Waals surface area contributed by atoms with Crippen LogP contribution < -0.4 is 5.73 Å². The normalized spacial score (nSPS) is 24.3. The van der Waals surface area contributed by atoms with Gasteiger partial charge in [0.05, 0.1) is 12.2 Å². The van der Waals surface area contributed by atoms with Crippen LogP contribution in [0.4, 0.5) is 0 Å². The molecule has 4 atom stereocenters. The van der Waals surface area contributed by atoms with Crippen molar-refractivity contribution in [3.8, 4) is 5.75 Å². The number of hydrogen-bond donors (Lipinski definition) is 4. The van der Waals surface area contributed by atoms with Crippen LogP contribution in [0.5, 0.6) is 5.75 Å². The number of carbonyl (C=O) groups excluding carboxylic acids is 2. The predicted octanol–water partition coefficient (Wildman–Crippen LogP) is 1.43. The molecule has 2 bridgehead atoms. The van der Waals surface area contributed by atoms with Crippen LogP contribution >= 0.6 is 0 Å². The second kappa shape index (κ2) is 9.77. The number of fused-ring (bicyclic) bond motifs is 2. The van der Waals surface area contributed by atoms with Gasteiger partial charge in [0.1, 0.15) is 5.75 Å². The third-order valence-electron chi connectivity index (χ3n) is 6.72. The molecule has 0 aliphatic carbocycles. The summed E-state index contributed by atoms with van der Waals surface area (Å²) in [5.74, 6) is -0.902. The summed E-state index contributed by atoms with van der Waals surface area (Å²) in [6, 6.07) is 5.87. The molecule has 1 aromatic rings. The van der Waals surface area contributed by atoms with Gasteiger partial charge in [-0.25, -0.2) is 0 Å². The molecule has 0 saturated carbocycles. The predicted molar refractivity (Wildman–Crippen MR) is 121 cm³/mol. The van der Waals surface area contributed by atoms with E-state index >= 15 is 0 Å². The number of aliphatic hydroxyl groups is 2. The fourth-order valence-electron chi connectivity index (χ4n) is 5.35. The number of carbonyl (C=O) groups is 2. The van der Waals surface area contributed by atoms with Gasteiger partial charge in [0.2, 0.25) is 0 Å². The lowest BCUT2D eigenvalue weighted by Gasteiger charge is -2.41. The number of phenols is 1. The van der Waals surface area contributed by atoms with Crippen molar-refractivity contribution in [1.82, 2.24) is 9.80 Å². The maximum Gasteiger partial charge on any atom is 0.253 e. The van der Waals surface area contributed by atoms with Crippen molar-refractivity contribution >= 4 is 11.8 Å². The second-order valence-corrected chi connectivity index (χ2v) is 10.4. The largest absolute Gasteiger partial charge is 0.507 e. The average Bonchev–Trinajstić information content (AvgIpc) is 2.96. The Hall–Kier alpha value is -2.16. The molecule has 2 amide bonds. The number of nitrogens with two attached hydrogens (primary N) is 1. The van der Waals surface area contributed by atoms with Crippen molar-refractivity contribution in [2.24, 2.45) is 11.1 Å². The van der Waals surface area contributed by atoms with E-state index in [1.807, 2.05) is 26.8 Å². The van der Waals surface area contributed by atoms with Gasteiger partial charge in [-0.1, -0.05) is 32.9 Å². The molecule has 8 heteroatoms. The third kappa shape index (κ3) is 5.42. The van der Waals surface area contributed by atoms with E-state index in [1.54, 1.807) is 17.0 Å². The maximum absolute atomic E-state index is 12.6. The van der Waals surface area contributed by atoms with Gasteiger partial charge in [0.15, 0.2) is 6.10 Å². The van der Waals surface area contributed by atoms with Gasteiger partial charge in [-0.3, -0.25) is 14.5 Å². The summed E-state index contributed by atoms with van der Waals surface area (Å²) in [5, 5.41) is 29.7. The third-order valence-corrected chi connectivity index (χ3v) is 6.72. The summed E-state index contributed by atoms with van der Waals surface area (Å²) in [5.41, 5.74) is 6.22. The summed E-state index contributed by atoms with van der Waals surface area (Å²) >= 11 is 0. The van der Waals surface area contributed by atoms with Gasteiger partial charge in [0, 0.05) is 31.7 Å². The van der Waals surface area contributed by atoms with Crippen molar-refractivity contribution in [2.45, 2.75) is 70.6 Å². The number of aromatic hydroxyl groups is 1. The van der Waals surface area contributed by atoms with E-state index in [-0.39, 0.29) is 22.6 Å². The number of hydrogen-bond acceptors (Lipinski definition) is 6. The molecule has 0 radical (unpaired) electrons. The minimum absolute atomic E-state index is 0.00205. The van der Waals surface area contributed by atoms with Crippen molar-refractivity contribution in [3.63, 3.8) is 0 Å². The van der Waals surface area contributed by atoms with Crippen LogP contribution in [0.3, 0.4) is 0 Å². The molecule has 8 nitrogen and oxygen atoms in total. The van der Waals surface area contributed by atoms with Crippen LogP contribution in [-0.2, 0) is 4.79 Å². The van der Waals surface area contributed by atoms with E-state index < -0.39 is 24.5 Å². The van der Waals surface area contributed by atoms with E-state index in [2.05, 4.69) is 4.90 Å². The SMILES string of the molecule is CC(C)(C)CN(CCN1[C@@H]2CC[C@H]1C[C@@H](c1cccc(C(N)=O)c1O)C2)C(=O)[C@@H](O)CO. The first-order chi connectivity index (χ1) is 15.0. The highest BCUT2D eigenvalue weighted by atomic mass is 16.3. The lowest BCUT2D eigenvalue weighted by Crippen LogP contribution is -2.50. The Labute approximate surface area is 190 Å². The first kappa shape index (κ1) is 24.5. The average molecular weight is 448 g/mol. The molecule has 2 aliphatic rings. The number of primary amides is 1. The van der Waals surface area contributed by atoms with Crippen LogP contribution in [-0.4, -0.2) is 81.4 Å². The van der Waals surface area contributed by atoms with Crippen LogP contribution in [0.25, 0.3) is 0 Å². The molecule has 3 rings (SSSR count). The zero-order chi connectivity index (χ0) is 23.6. The van der Waals surface area contributed by atoms with E-state index in [4.69, 9.17) is 5.73 Å². The van der Waals surface area contributed by atoms with E-state index in [9.17, 15) is 24.9 Å². The Morgan fingerprint density at radius 2 is 1.84 bits per heavy atom. The number of amides is 2. The summed E-state index contributed by atoms with van der Waals surface area (Å²) < 4.78 is 0. The summed E-state index contributed by atoms with van der Waals surface area (Å²) in [7, 11) is 0. The smallest absolute Gasteiger partial charge is 0.253 e. The van der Waals surface area contributed by atoms with E-state index in [1.165, 1.54) is 0 Å². The highest BCUT2D eigenvalue weighted by Gasteiger charge is 2.42. The second-order valence-electron chi connectivity index (χ2n) is 10.4. The maximum atomic E-state index is 12.6. The Morgan fingerprint density at radius 3 is 2.38 bits per heavy atom. The molecule has 2 saturated heterocycles. The molecule has 1 aromatic carbocycles. The van der Waals surface area contributed by atoms with Crippen LogP contribution in [0.1, 0.15) is 68.3 Å². The van der Waals surface area contributed by atoms with Gasteiger partial charge < -0.3 is 26.0 Å². The number of aliphatic hydroxyl groups excluding tert-OH is 2. The van der Waals surface area contributed by atoms with Gasteiger partial charge in [-0.05, 0) is 48.6 Å². The Bertz CT molecular complexity index is 823. The summed E-state index contributed by atoms with van der Waals surface area (Å²) in [6.45, 7) is 7.25. The molecule has 0 spiro atoms. The van der Waals surface area contributed by atoms with E-state index in [0.29, 0.717) is 31.7 Å². The number of nitrogens with zero attached hydrogens (tertiary/aromatic N) is 2. The molecular weight excluding hydrogens is 410 g/mol. The minimum Gasteiger partial charge on any atom is -0.507 e. The number of para-hydroxylation sites is 1. The Kier molecular flexibility index (Phi) is 7.47. The molecule has 2 aliphatic heterocycles. The molecule has 2 heterocycles. The lowest BCUT2D eigenvalue weighted by atomic mass is 9.83.